The lowest BCUT2D eigenvalue weighted by Crippen LogP contribution is -2.14. The van der Waals surface area contributed by atoms with Crippen molar-refractivity contribution in [2.75, 3.05) is 0 Å². The van der Waals surface area contributed by atoms with Crippen molar-refractivity contribution >= 4 is 55.1 Å². The summed E-state index contributed by atoms with van der Waals surface area (Å²) in [6.07, 6.45) is 0. The fraction of sp³-hybridized carbons (Fsp3) is 0.0476. The molecule has 1 aromatic heterocycles. The number of aryl methyl sites for hydroxylation is 1. The highest BCUT2D eigenvalue weighted by atomic mass is 35.5. The van der Waals surface area contributed by atoms with Gasteiger partial charge in [-0.05, 0) is 54.1 Å². The van der Waals surface area contributed by atoms with E-state index < -0.39 is 21.9 Å². The maximum absolute atomic E-state index is 12.3. The minimum Gasteiger partial charge on any atom is -0.614 e. The van der Waals surface area contributed by atoms with E-state index in [4.69, 9.17) is 19.2 Å². The summed E-state index contributed by atoms with van der Waals surface area (Å²) in [5.74, 6) is 0.151. The number of hydrogen-bond acceptors (Lipinski definition) is 4. The van der Waals surface area contributed by atoms with Crippen LogP contribution in [0.1, 0.15) is 16.1 Å². The third-order valence-electron chi connectivity index (χ3n) is 4.22. The summed E-state index contributed by atoms with van der Waals surface area (Å²) < 4.78 is 11.1. The maximum atomic E-state index is 12.3. The normalized spacial score (nSPS) is 10.7. The van der Waals surface area contributed by atoms with Crippen LogP contribution < -0.4 is 3.79 Å². The third kappa shape index (κ3) is 3.77. The Bertz CT molecular complexity index is 1160. The molecule has 0 atom stereocenters. The van der Waals surface area contributed by atoms with Gasteiger partial charge in [0.2, 0.25) is 0 Å². The minimum absolute atomic E-state index is 0.404. The van der Waals surface area contributed by atoms with Gasteiger partial charge in [0.25, 0.3) is 0 Å². The largest absolute Gasteiger partial charge is 0.884 e. The van der Waals surface area contributed by atoms with Crippen LogP contribution in [-0.4, -0.2) is 26.8 Å². The quantitative estimate of drug-likeness (QED) is 0.454. The van der Waals surface area contributed by atoms with Gasteiger partial charge in [-0.3, -0.25) is 0 Å². The lowest BCUT2D eigenvalue weighted by molar-refractivity contribution is 0.0722. The number of pyridine rings is 1. The highest BCUT2D eigenvalue weighted by molar-refractivity contribution is 6.35. The average molecular weight is 391 g/mol. The van der Waals surface area contributed by atoms with E-state index in [9.17, 15) is 4.79 Å². The molecular weight excluding hydrogens is 377 g/mol. The predicted molar refractivity (Wildman–Crippen MR) is 107 cm³/mol. The zero-order chi connectivity index (χ0) is 18.8. The van der Waals surface area contributed by atoms with Gasteiger partial charge in [0.1, 0.15) is 11.3 Å². The number of carbonyl (C=O) groups is 1. The Kier molecular flexibility index (Phi) is 5.00. The molecular formula is C21H14AlClNO3. The molecule has 27 heavy (non-hydrogen) atoms. The van der Waals surface area contributed by atoms with E-state index in [-0.39, 0.29) is 0 Å². The number of fused-ring (bicyclic) bond motifs is 2. The predicted octanol–water partition coefficient (Wildman–Crippen LogP) is 5.12. The SMILES string of the molecule is Cc1ccc2c(Cl)ccc([O][Al][O]C(=O)c3ccc4ccccc4c3)c2n1. The van der Waals surface area contributed by atoms with Crippen molar-refractivity contribution in [2.24, 2.45) is 0 Å². The first-order valence-electron chi connectivity index (χ1n) is 8.36. The van der Waals surface area contributed by atoms with Gasteiger partial charge in [0.05, 0.1) is 10.6 Å². The number of nitrogens with zero attached hydrogens (tertiary/aromatic N) is 1. The molecule has 131 valence electrons. The second-order valence-corrected chi connectivity index (χ2v) is 7.15. The summed E-state index contributed by atoms with van der Waals surface area (Å²) >= 11 is 5.19. The number of halogens is 1. The van der Waals surface area contributed by atoms with E-state index in [1.165, 1.54) is 0 Å². The molecule has 4 nitrogen and oxygen atoms in total. The zero-order valence-corrected chi connectivity index (χ0v) is 16.4. The van der Waals surface area contributed by atoms with Crippen molar-refractivity contribution in [3.63, 3.8) is 0 Å². The summed E-state index contributed by atoms with van der Waals surface area (Å²) in [5.41, 5.74) is 2.02. The Morgan fingerprint density at radius 3 is 2.67 bits per heavy atom. The van der Waals surface area contributed by atoms with Crippen LogP contribution in [-0.2, 0) is 3.79 Å². The van der Waals surface area contributed by atoms with E-state index in [0.717, 1.165) is 21.9 Å². The first kappa shape index (κ1) is 17.8. The fourth-order valence-corrected chi connectivity index (χ4v) is 3.63. The Labute approximate surface area is 168 Å². The van der Waals surface area contributed by atoms with Gasteiger partial charge >= 0.3 is 21.9 Å². The number of carbonyl (C=O) groups excluding carboxylic acids is 1. The van der Waals surface area contributed by atoms with Crippen LogP contribution in [0.15, 0.2) is 66.7 Å². The van der Waals surface area contributed by atoms with Crippen LogP contribution in [0.4, 0.5) is 0 Å². The van der Waals surface area contributed by atoms with Crippen molar-refractivity contribution in [3.8, 4) is 5.75 Å². The summed E-state index contributed by atoms with van der Waals surface area (Å²) in [5, 5.41) is 3.48. The smallest absolute Gasteiger partial charge is 0.614 e. The minimum atomic E-state index is -1.03. The number of benzene rings is 3. The van der Waals surface area contributed by atoms with Gasteiger partial charge < -0.3 is 7.58 Å². The molecule has 0 saturated carbocycles. The molecule has 6 heteroatoms. The lowest BCUT2D eigenvalue weighted by atomic mass is 10.1. The summed E-state index contributed by atoms with van der Waals surface area (Å²) in [6, 6.07) is 20.6. The molecule has 0 spiro atoms. The molecule has 0 N–H and O–H groups in total. The molecule has 3 aromatic carbocycles. The van der Waals surface area contributed by atoms with Crippen LogP contribution in [0, 0.1) is 6.92 Å². The van der Waals surface area contributed by atoms with Crippen LogP contribution in [0.2, 0.25) is 5.02 Å². The molecule has 0 saturated heterocycles. The first-order valence-corrected chi connectivity index (χ1v) is 9.68. The first-order chi connectivity index (χ1) is 13.1. The van der Waals surface area contributed by atoms with E-state index in [2.05, 4.69) is 4.98 Å². The Morgan fingerprint density at radius 1 is 1.00 bits per heavy atom. The Hall–Kier alpha value is -2.58. The molecule has 0 amide bonds. The maximum Gasteiger partial charge on any atom is 0.884 e. The van der Waals surface area contributed by atoms with E-state index in [0.29, 0.717) is 21.9 Å². The van der Waals surface area contributed by atoms with Crippen LogP contribution in [0.3, 0.4) is 0 Å². The highest BCUT2D eigenvalue weighted by Gasteiger charge is 2.15. The molecule has 0 unspecified atom stereocenters. The molecule has 4 aromatic rings. The zero-order valence-electron chi connectivity index (χ0n) is 14.5. The molecule has 4 rings (SSSR count). The van der Waals surface area contributed by atoms with Crippen molar-refractivity contribution in [1.82, 2.24) is 4.98 Å². The van der Waals surface area contributed by atoms with Gasteiger partial charge in [0, 0.05) is 11.1 Å². The van der Waals surface area contributed by atoms with Gasteiger partial charge in [0.15, 0.2) is 0 Å². The summed E-state index contributed by atoms with van der Waals surface area (Å²) in [6.45, 7) is 1.90. The fourth-order valence-electron chi connectivity index (χ4n) is 2.85. The topological polar surface area (TPSA) is 48.4 Å². The van der Waals surface area contributed by atoms with E-state index >= 15 is 0 Å². The molecule has 0 aliphatic rings. The van der Waals surface area contributed by atoms with Crippen LogP contribution in [0.5, 0.6) is 5.75 Å². The Morgan fingerprint density at radius 2 is 1.81 bits per heavy atom. The second kappa shape index (κ2) is 7.58. The van der Waals surface area contributed by atoms with E-state index in [1.807, 2.05) is 55.5 Å². The summed E-state index contributed by atoms with van der Waals surface area (Å²) in [7, 11) is 0. The number of hydrogen-bond donors (Lipinski definition) is 0. The number of aromatic nitrogens is 1. The Balaban J connectivity index is 1.49. The monoisotopic (exact) mass is 390 g/mol. The van der Waals surface area contributed by atoms with Crippen molar-refractivity contribution in [1.29, 1.82) is 0 Å². The third-order valence-corrected chi connectivity index (χ3v) is 5.21. The average Bonchev–Trinajstić information content (AvgIpc) is 2.69. The lowest BCUT2D eigenvalue weighted by Gasteiger charge is -2.11. The standard InChI is InChI=1S/C11H8O2.C10H8ClNO.Al/c12-11(13)10-6-5-8-3-1-2-4-9(8)7-10;1-6-2-3-7-8(11)4-5-9(13)10(7)12-6;/h1-7H,(H,12,13);2-5,13H,1H3;/q;;+2/p-2. The van der Waals surface area contributed by atoms with Crippen molar-refractivity contribution in [3.05, 3.63) is 83.0 Å². The summed E-state index contributed by atoms with van der Waals surface area (Å²) in [4.78, 5) is 16.8. The highest BCUT2D eigenvalue weighted by Crippen LogP contribution is 2.30. The molecule has 1 heterocycles. The molecule has 0 aliphatic heterocycles. The van der Waals surface area contributed by atoms with Gasteiger partial charge in [-0.25, -0.2) is 9.78 Å². The van der Waals surface area contributed by atoms with Crippen LogP contribution in [0.25, 0.3) is 21.7 Å². The molecule has 0 aliphatic carbocycles. The van der Waals surface area contributed by atoms with Gasteiger partial charge in [-0.1, -0.05) is 41.9 Å². The number of rotatable bonds is 4. The molecule has 1 radical (unpaired) electrons. The van der Waals surface area contributed by atoms with Crippen molar-refractivity contribution < 1.29 is 12.4 Å². The molecule has 0 bridgehead atoms. The molecule has 0 fully saturated rings. The van der Waals surface area contributed by atoms with Gasteiger partial charge in [-0.2, -0.15) is 0 Å². The second-order valence-electron chi connectivity index (χ2n) is 6.08. The van der Waals surface area contributed by atoms with E-state index in [1.54, 1.807) is 18.2 Å². The van der Waals surface area contributed by atoms with Crippen LogP contribution >= 0.6 is 11.6 Å². The van der Waals surface area contributed by atoms with Gasteiger partial charge in [-0.15, -0.1) is 0 Å². The van der Waals surface area contributed by atoms with Crippen molar-refractivity contribution in [2.45, 2.75) is 6.92 Å².